The molecule has 210 valence electrons. The van der Waals surface area contributed by atoms with Gasteiger partial charge in [-0.15, -0.1) is 0 Å². The first-order valence-corrected chi connectivity index (χ1v) is 15.5. The van der Waals surface area contributed by atoms with Gasteiger partial charge in [0, 0.05) is 17.8 Å². The lowest BCUT2D eigenvalue weighted by molar-refractivity contribution is -0.255. The quantitative estimate of drug-likeness (QED) is 0.318. The van der Waals surface area contributed by atoms with Gasteiger partial charge in [0.25, 0.3) is 0 Å². The number of hydrogen-bond donors (Lipinski definition) is 1. The number of hydrogen-bond acceptors (Lipinski definition) is 4. The molecule has 0 saturated heterocycles. The van der Waals surface area contributed by atoms with E-state index in [0.717, 1.165) is 44.8 Å². The van der Waals surface area contributed by atoms with Gasteiger partial charge in [-0.2, -0.15) is 0 Å². The molecule has 0 spiro atoms. The third kappa shape index (κ3) is 3.55. The van der Waals surface area contributed by atoms with Gasteiger partial charge in [-0.1, -0.05) is 48.5 Å². The fraction of sp³-hybridized carbons (Fsp3) is 0.939. The summed E-state index contributed by atoms with van der Waals surface area (Å²) in [6.45, 7) is 18.9. The maximum absolute atomic E-state index is 12.0. The zero-order valence-electron chi connectivity index (χ0n) is 24.9. The SMILES string of the molecule is CC(=O)O[C@H]1CCC2(C)[C@H]3CCC4C5C(C(C)C)CC[C@]5(C(O)C=O)CC[C@@]4(C)C3(C)CC[C@H]2C1(C)C. The van der Waals surface area contributed by atoms with E-state index in [-0.39, 0.29) is 39.1 Å². The van der Waals surface area contributed by atoms with E-state index in [4.69, 9.17) is 4.74 Å². The third-order valence-corrected chi connectivity index (χ3v) is 14.4. The molecule has 0 amide bonds. The van der Waals surface area contributed by atoms with Crippen molar-refractivity contribution in [2.45, 2.75) is 132 Å². The van der Waals surface area contributed by atoms with Crippen molar-refractivity contribution >= 4 is 12.3 Å². The highest BCUT2D eigenvalue weighted by Gasteiger charge is 2.71. The molecule has 0 heterocycles. The lowest BCUT2D eigenvalue weighted by Crippen LogP contribution is -2.67. The number of aliphatic hydroxyl groups is 1. The molecule has 0 aromatic heterocycles. The second-order valence-electron chi connectivity index (χ2n) is 15.9. The summed E-state index contributed by atoms with van der Waals surface area (Å²) in [6, 6.07) is 0. The maximum Gasteiger partial charge on any atom is 0.302 e. The van der Waals surface area contributed by atoms with Gasteiger partial charge in [-0.3, -0.25) is 4.79 Å². The molecule has 5 rings (SSSR count). The van der Waals surface area contributed by atoms with Gasteiger partial charge in [0.2, 0.25) is 0 Å². The largest absolute Gasteiger partial charge is 0.462 e. The summed E-state index contributed by atoms with van der Waals surface area (Å²) in [5, 5.41) is 11.2. The number of esters is 1. The standard InChI is InChI=1S/C33H54O4/c1-20(2)22-11-16-33(26(36)19-34)18-17-31(7)23(28(22)33)9-10-25-30(6)14-13-27(37-21(3)35)29(4,5)24(30)12-15-32(25,31)8/h19-20,22-28,36H,9-18H2,1-8H3/t22?,23?,24-,25+,26?,27-,28?,30?,31+,32?,33+/m0/s1. The fourth-order valence-electron chi connectivity index (χ4n) is 12.5. The Balaban J connectivity index is 1.52. The Morgan fingerprint density at radius 3 is 2.19 bits per heavy atom. The third-order valence-electron chi connectivity index (χ3n) is 14.4. The lowest BCUT2D eigenvalue weighted by Gasteiger charge is -2.73. The van der Waals surface area contributed by atoms with E-state index in [1.54, 1.807) is 6.92 Å². The van der Waals surface area contributed by atoms with E-state index in [1.165, 1.54) is 25.7 Å². The van der Waals surface area contributed by atoms with Crippen LogP contribution in [-0.2, 0) is 14.3 Å². The molecule has 4 nitrogen and oxygen atoms in total. The molecular formula is C33H54O4. The van der Waals surface area contributed by atoms with E-state index in [0.29, 0.717) is 35.5 Å². The zero-order chi connectivity index (χ0) is 27.2. The number of carbonyl (C=O) groups excluding carboxylic acids is 2. The Kier molecular flexibility index (Phi) is 6.58. The number of ether oxygens (including phenoxy) is 1. The van der Waals surface area contributed by atoms with Gasteiger partial charge in [0.05, 0.1) is 0 Å². The molecule has 0 aliphatic heterocycles. The monoisotopic (exact) mass is 514 g/mol. The first kappa shape index (κ1) is 27.7. The van der Waals surface area contributed by atoms with Crippen molar-refractivity contribution < 1.29 is 19.4 Å². The Morgan fingerprint density at radius 1 is 0.865 bits per heavy atom. The van der Waals surface area contributed by atoms with E-state index in [1.807, 2.05) is 0 Å². The van der Waals surface area contributed by atoms with E-state index in [9.17, 15) is 14.7 Å². The molecule has 4 heteroatoms. The molecule has 5 aliphatic carbocycles. The second kappa shape index (κ2) is 8.80. The van der Waals surface area contributed by atoms with Crippen LogP contribution in [0.1, 0.15) is 120 Å². The molecule has 5 aliphatic rings. The van der Waals surface area contributed by atoms with Gasteiger partial charge in [0.15, 0.2) is 0 Å². The fourth-order valence-corrected chi connectivity index (χ4v) is 12.5. The van der Waals surface area contributed by atoms with Crippen LogP contribution in [0.4, 0.5) is 0 Å². The molecule has 0 aromatic rings. The predicted molar refractivity (Wildman–Crippen MR) is 147 cm³/mol. The van der Waals surface area contributed by atoms with E-state index < -0.39 is 6.10 Å². The highest BCUT2D eigenvalue weighted by Crippen LogP contribution is 2.77. The summed E-state index contributed by atoms with van der Waals surface area (Å²) in [6.07, 6.45) is 11.4. The Labute approximate surface area is 226 Å². The van der Waals surface area contributed by atoms with Crippen LogP contribution < -0.4 is 0 Å². The van der Waals surface area contributed by atoms with Gasteiger partial charge < -0.3 is 14.6 Å². The predicted octanol–water partition coefficient (Wildman–Crippen LogP) is 7.22. The van der Waals surface area contributed by atoms with Crippen molar-refractivity contribution in [3.8, 4) is 0 Å². The first-order valence-electron chi connectivity index (χ1n) is 15.5. The summed E-state index contributed by atoms with van der Waals surface area (Å²) in [5.74, 6) is 3.30. The number of aldehydes is 1. The minimum Gasteiger partial charge on any atom is -0.462 e. The first-order chi connectivity index (χ1) is 17.2. The van der Waals surface area contributed by atoms with Crippen LogP contribution in [0.15, 0.2) is 0 Å². The van der Waals surface area contributed by atoms with Crippen LogP contribution in [0.3, 0.4) is 0 Å². The van der Waals surface area contributed by atoms with Crippen LogP contribution in [0.25, 0.3) is 0 Å². The molecule has 37 heavy (non-hydrogen) atoms. The molecule has 11 atom stereocenters. The number of rotatable bonds is 4. The summed E-state index contributed by atoms with van der Waals surface area (Å²) < 4.78 is 5.90. The van der Waals surface area contributed by atoms with Gasteiger partial charge in [0.1, 0.15) is 18.5 Å². The highest BCUT2D eigenvalue weighted by atomic mass is 16.5. The van der Waals surface area contributed by atoms with Gasteiger partial charge >= 0.3 is 5.97 Å². The van der Waals surface area contributed by atoms with Crippen LogP contribution >= 0.6 is 0 Å². The van der Waals surface area contributed by atoms with E-state index >= 15 is 0 Å². The van der Waals surface area contributed by atoms with Crippen LogP contribution in [0.2, 0.25) is 0 Å². The van der Waals surface area contributed by atoms with Crippen molar-refractivity contribution in [1.82, 2.24) is 0 Å². The number of carbonyl (C=O) groups is 2. The Bertz CT molecular complexity index is 925. The smallest absolute Gasteiger partial charge is 0.302 e. The topological polar surface area (TPSA) is 63.6 Å². The van der Waals surface area contributed by atoms with Crippen molar-refractivity contribution in [3.63, 3.8) is 0 Å². The van der Waals surface area contributed by atoms with Crippen molar-refractivity contribution in [2.24, 2.45) is 62.6 Å². The molecule has 0 bridgehead atoms. The molecule has 5 fully saturated rings. The number of fused-ring (bicyclic) bond motifs is 7. The van der Waals surface area contributed by atoms with Crippen molar-refractivity contribution in [3.05, 3.63) is 0 Å². The average molecular weight is 515 g/mol. The molecule has 6 unspecified atom stereocenters. The van der Waals surface area contributed by atoms with Crippen LogP contribution in [0, 0.1) is 62.6 Å². The average Bonchev–Trinajstić information content (AvgIpc) is 3.22. The summed E-state index contributed by atoms with van der Waals surface area (Å²) in [5.41, 5.74) is 0.519. The van der Waals surface area contributed by atoms with Crippen LogP contribution in [-0.4, -0.2) is 29.6 Å². The van der Waals surface area contributed by atoms with E-state index in [2.05, 4.69) is 48.5 Å². The van der Waals surface area contributed by atoms with Crippen LogP contribution in [0.5, 0.6) is 0 Å². The van der Waals surface area contributed by atoms with Crippen molar-refractivity contribution in [1.29, 1.82) is 0 Å². The maximum atomic E-state index is 12.0. The summed E-state index contributed by atoms with van der Waals surface area (Å²) in [7, 11) is 0. The minimum absolute atomic E-state index is 0.0122. The molecule has 0 aromatic carbocycles. The number of aliphatic hydroxyl groups excluding tert-OH is 1. The lowest BCUT2D eigenvalue weighted by atomic mass is 9.32. The summed E-state index contributed by atoms with van der Waals surface area (Å²) in [4.78, 5) is 23.9. The van der Waals surface area contributed by atoms with Gasteiger partial charge in [-0.25, -0.2) is 0 Å². The Morgan fingerprint density at radius 2 is 1.57 bits per heavy atom. The molecule has 0 radical (unpaired) electrons. The molecule has 1 N–H and O–H groups in total. The highest BCUT2D eigenvalue weighted by molar-refractivity contribution is 5.66. The minimum atomic E-state index is -0.818. The normalized spacial score (nSPS) is 51.3. The zero-order valence-corrected chi connectivity index (χ0v) is 24.9. The summed E-state index contributed by atoms with van der Waals surface area (Å²) >= 11 is 0. The molecule has 5 saturated carbocycles. The Hall–Kier alpha value is -0.900. The van der Waals surface area contributed by atoms with Crippen molar-refractivity contribution in [2.75, 3.05) is 0 Å². The molecular weight excluding hydrogens is 460 g/mol. The second-order valence-corrected chi connectivity index (χ2v) is 15.9. The van der Waals surface area contributed by atoms with Gasteiger partial charge in [-0.05, 0) is 116 Å².